The molecule has 1 fully saturated rings. The summed E-state index contributed by atoms with van der Waals surface area (Å²) in [6, 6.07) is 2.96. The monoisotopic (exact) mass is 327 g/mol. The van der Waals surface area contributed by atoms with E-state index >= 15 is 0 Å². The van der Waals surface area contributed by atoms with E-state index in [4.69, 9.17) is 0 Å². The molecule has 3 rings (SSSR count). The highest BCUT2D eigenvalue weighted by molar-refractivity contribution is 9.11. The minimum atomic E-state index is 0.618. The van der Waals surface area contributed by atoms with Gasteiger partial charge >= 0.3 is 0 Å². The molecule has 2 aliphatic rings. The van der Waals surface area contributed by atoms with Gasteiger partial charge in [-0.2, -0.15) is 0 Å². The molecule has 1 N–H and O–H groups in total. The van der Waals surface area contributed by atoms with Crippen LogP contribution < -0.4 is 5.32 Å². The van der Waals surface area contributed by atoms with Crippen molar-refractivity contribution in [3.63, 3.8) is 0 Å². The van der Waals surface area contributed by atoms with Gasteiger partial charge in [0.05, 0.1) is 3.79 Å². The topological polar surface area (TPSA) is 12.0 Å². The largest absolute Gasteiger partial charge is 0.310 e. The van der Waals surface area contributed by atoms with Gasteiger partial charge < -0.3 is 5.32 Å². The lowest BCUT2D eigenvalue weighted by molar-refractivity contribution is 0.399. The van der Waals surface area contributed by atoms with Gasteiger partial charge in [-0.25, -0.2) is 0 Å². The van der Waals surface area contributed by atoms with Crippen LogP contribution in [-0.2, 0) is 6.42 Å². The van der Waals surface area contributed by atoms with E-state index in [1.165, 1.54) is 48.9 Å². The van der Waals surface area contributed by atoms with Crippen molar-refractivity contribution in [1.82, 2.24) is 5.32 Å². The van der Waals surface area contributed by atoms with E-state index in [9.17, 15) is 0 Å². The molecule has 1 heterocycles. The molecular formula is C15H22BrNS. The Morgan fingerprint density at radius 1 is 1.39 bits per heavy atom. The molecular weight excluding hydrogens is 306 g/mol. The lowest BCUT2D eigenvalue weighted by Crippen LogP contribution is -2.28. The molecule has 0 spiro atoms. The van der Waals surface area contributed by atoms with Gasteiger partial charge in [0.2, 0.25) is 0 Å². The summed E-state index contributed by atoms with van der Waals surface area (Å²) < 4.78 is 1.30. The molecule has 2 aliphatic carbocycles. The zero-order valence-electron chi connectivity index (χ0n) is 11.0. The van der Waals surface area contributed by atoms with Gasteiger partial charge in [-0.3, -0.25) is 0 Å². The zero-order valence-corrected chi connectivity index (χ0v) is 13.4. The van der Waals surface area contributed by atoms with E-state index in [0.29, 0.717) is 6.04 Å². The van der Waals surface area contributed by atoms with Crippen LogP contribution in [0.5, 0.6) is 0 Å². The predicted octanol–water partition coefficient (Wildman–Crippen LogP) is 4.91. The van der Waals surface area contributed by atoms with Crippen molar-refractivity contribution < 1.29 is 0 Å². The quantitative estimate of drug-likeness (QED) is 0.831. The summed E-state index contributed by atoms with van der Waals surface area (Å²) in [4.78, 5) is 1.60. The molecule has 0 amide bonds. The van der Waals surface area contributed by atoms with Crippen LogP contribution in [0.1, 0.15) is 55.5 Å². The zero-order chi connectivity index (χ0) is 12.5. The number of rotatable bonds is 3. The van der Waals surface area contributed by atoms with E-state index in [1.807, 2.05) is 11.3 Å². The summed E-state index contributed by atoms with van der Waals surface area (Å²) in [5.41, 5.74) is 1.57. The third-order valence-corrected chi connectivity index (χ3v) is 6.25. The molecule has 3 heteroatoms. The number of hydrogen-bond acceptors (Lipinski definition) is 2. The highest BCUT2D eigenvalue weighted by atomic mass is 79.9. The third-order valence-electron chi connectivity index (χ3n) is 4.54. The third kappa shape index (κ3) is 2.83. The molecule has 0 bridgehead atoms. The summed E-state index contributed by atoms with van der Waals surface area (Å²) in [6.07, 6.45) is 8.24. The van der Waals surface area contributed by atoms with Crippen molar-refractivity contribution in [1.29, 1.82) is 0 Å². The Hall–Kier alpha value is 0.140. The van der Waals surface area contributed by atoms with E-state index in [0.717, 1.165) is 11.8 Å². The highest BCUT2D eigenvalue weighted by Gasteiger charge is 2.25. The number of aryl methyl sites for hydroxylation is 1. The smallest absolute Gasteiger partial charge is 0.0704 e. The Bertz CT molecular complexity index is 415. The van der Waals surface area contributed by atoms with Crippen LogP contribution in [0, 0.1) is 11.8 Å². The molecule has 1 aromatic heterocycles. The second-order valence-corrected chi connectivity index (χ2v) is 8.58. The van der Waals surface area contributed by atoms with Crippen LogP contribution in [0.25, 0.3) is 0 Å². The summed E-state index contributed by atoms with van der Waals surface area (Å²) >= 11 is 5.56. The maximum absolute atomic E-state index is 3.84. The van der Waals surface area contributed by atoms with E-state index in [-0.39, 0.29) is 0 Å². The van der Waals surface area contributed by atoms with Crippen LogP contribution in [0.2, 0.25) is 0 Å². The average molecular weight is 328 g/mol. The maximum atomic E-state index is 3.84. The van der Waals surface area contributed by atoms with Crippen molar-refractivity contribution in [2.24, 2.45) is 11.8 Å². The standard InChI is InChI=1S/C15H22BrNS/c1-10-5-6-11(7-10)9-17-13-3-2-4-14-12(13)8-15(16)18-14/h8,10-11,13,17H,2-7,9H2,1H3. The minimum Gasteiger partial charge on any atom is -0.310 e. The first-order chi connectivity index (χ1) is 8.72. The second-order valence-electron chi connectivity index (χ2n) is 6.07. The highest BCUT2D eigenvalue weighted by Crippen LogP contribution is 2.38. The fourth-order valence-electron chi connectivity index (χ4n) is 3.55. The summed E-state index contributed by atoms with van der Waals surface area (Å²) in [5.74, 6) is 1.88. The number of halogens is 1. The van der Waals surface area contributed by atoms with Crippen molar-refractivity contribution >= 4 is 27.3 Å². The normalized spacial score (nSPS) is 31.6. The number of thiophene rings is 1. The van der Waals surface area contributed by atoms with Crippen LogP contribution in [-0.4, -0.2) is 6.54 Å². The summed E-state index contributed by atoms with van der Waals surface area (Å²) in [5, 5.41) is 3.84. The van der Waals surface area contributed by atoms with Crippen molar-refractivity contribution in [2.45, 2.75) is 51.5 Å². The average Bonchev–Trinajstić information content (AvgIpc) is 2.91. The van der Waals surface area contributed by atoms with Gasteiger partial charge in [0.15, 0.2) is 0 Å². The van der Waals surface area contributed by atoms with Crippen molar-refractivity contribution in [2.75, 3.05) is 6.54 Å². The molecule has 100 valence electrons. The summed E-state index contributed by atoms with van der Waals surface area (Å²) in [6.45, 7) is 3.62. The lowest BCUT2D eigenvalue weighted by atomic mass is 9.93. The maximum Gasteiger partial charge on any atom is 0.0704 e. The minimum absolute atomic E-state index is 0.618. The molecule has 3 atom stereocenters. The van der Waals surface area contributed by atoms with Gasteiger partial charge in [0.25, 0.3) is 0 Å². The fourth-order valence-corrected chi connectivity index (χ4v) is 5.37. The van der Waals surface area contributed by atoms with E-state index < -0.39 is 0 Å². The van der Waals surface area contributed by atoms with Crippen LogP contribution >= 0.6 is 27.3 Å². The summed E-state index contributed by atoms with van der Waals surface area (Å²) in [7, 11) is 0. The second kappa shape index (κ2) is 5.64. The Labute approximate surface area is 122 Å². The Kier molecular flexibility index (Phi) is 4.12. The molecule has 0 aromatic carbocycles. The van der Waals surface area contributed by atoms with Crippen molar-refractivity contribution in [3.8, 4) is 0 Å². The first-order valence-corrected chi connectivity index (χ1v) is 8.85. The molecule has 3 unspecified atom stereocenters. The van der Waals surface area contributed by atoms with E-state index in [1.54, 1.807) is 10.4 Å². The Morgan fingerprint density at radius 3 is 3.06 bits per heavy atom. The molecule has 18 heavy (non-hydrogen) atoms. The van der Waals surface area contributed by atoms with Gasteiger partial charge in [0, 0.05) is 10.9 Å². The molecule has 1 nitrogen and oxygen atoms in total. The predicted molar refractivity (Wildman–Crippen MR) is 82.2 cm³/mol. The van der Waals surface area contributed by atoms with Crippen molar-refractivity contribution in [3.05, 3.63) is 20.3 Å². The van der Waals surface area contributed by atoms with Gasteiger partial charge in [-0.05, 0) is 78.0 Å². The number of fused-ring (bicyclic) bond motifs is 1. The molecule has 1 aromatic rings. The fraction of sp³-hybridized carbons (Fsp3) is 0.733. The van der Waals surface area contributed by atoms with Crippen LogP contribution in [0.3, 0.4) is 0 Å². The SMILES string of the molecule is CC1CCC(CNC2CCCc3sc(Br)cc32)C1. The first-order valence-electron chi connectivity index (χ1n) is 7.24. The number of nitrogens with one attached hydrogen (secondary N) is 1. The van der Waals surface area contributed by atoms with Gasteiger partial charge in [0.1, 0.15) is 0 Å². The molecule has 0 saturated heterocycles. The van der Waals surface area contributed by atoms with Crippen LogP contribution in [0.15, 0.2) is 9.85 Å². The first kappa shape index (κ1) is 13.1. The van der Waals surface area contributed by atoms with Crippen LogP contribution in [0.4, 0.5) is 0 Å². The Balaban J connectivity index is 1.60. The molecule has 0 aliphatic heterocycles. The van der Waals surface area contributed by atoms with Gasteiger partial charge in [-0.15, -0.1) is 11.3 Å². The Morgan fingerprint density at radius 2 is 2.28 bits per heavy atom. The molecule has 0 radical (unpaired) electrons. The number of hydrogen-bond donors (Lipinski definition) is 1. The van der Waals surface area contributed by atoms with E-state index in [2.05, 4.69) is 34.2 Å². The molecule has 1 saturated carbocycles. The lowest BCUT2D eigenvalue weighted by Gasteiger charge is -2.25. The van der Waals surface area contributed by atoms with Gasteiger partial charge in [-0.1, -0.05) is 13.3 Å².